The van der Waals surface area contributed by atoms with Crippen LogP contribution in [0.25, 0.3) is 0 Å². The zero-order valence-electron chi connectivity index (χ0n) is 13.4. The normalized spacial score (nSPS) is 23.1. The lowest BCUT2D eigenvalue weighted by Crippen LogP contribution is -2.43. The number of piperidine rings is 1. The van der Waals surface area contributed by atoms with E-state index in [1.54, 1.807) is 0 Å². The van der Waals surface area contributed by atoms with Crippen molar-refractivity contribution in [3.63, 3.8) is 0 Å². The molecule has 2 heterocycles. The Balaban J connectivity index is 2.08. The van der Waals surface area contributed by atoms with Gasteiger partial charge in [0.05, 0.1) is 0 Å². The Kier molecular flexibility index (Phi) is 5.41. The predicted molar refractivity (Wildman–Crippen MR) is 86.2 cm³/mol. The molecular weight excluding hydrogens is 246 g/mol. The minimum absolute atomic E-state index is 0.597. The second-order valence-electron chi connectivity index (χ2n) is 6.14. The molecule has 0 radical (unpaired) electrons. The summed E-state index contributed by atoms with van der Waals surface area (Å²) in [6.07, 6.45) is 3.80. The summed E-state index contributed by atoms with van der Waals surface area (Å²) in [5.41, 5.74) is 2.48. The molecule has 3 heteroatoms. The molecule has 2 rings (SSSR count). The van der Waals surface area contributed by atoms with E-state index in [-0.39, 0.29) is 0 Å². The molecule has 3 nitrogen and oxygen atoms in total. The molecule has 0 aliphatic carbocycles. The molecule has 0 bridgehead atoms. The summed E-state index contributed by atoms with van der Waals surface area (Å²) in [6.45, 7) is 12.2. The number of hydrogen-bond donors (Lipinski definition) is 1. The third kappa shape index (κ3) is 3.51. The van der Waals surface area contributed by atoms with Gasteiger partial charge in [-0.1, -0.05) is 19.9 Å². The summed E-state index contributed by atoms with van der Waals surface area (Å²) >= 11 is 0. The van der Waals surface area contributed by atoms with Crippen LogP contribution in [0.4, 0.5) is 5.82 Å². The lowest BCUT2D eigenvalue weighted by molar-refractivity contribution is 0.361. The van der Waals surface area contributed by atoms with Crippen LogP contribution in [0.2, 0.25) is 0 Å². The summed E-state index contributed by atoms with van der Waals surface area (Å²) < 4.78 is 0. The maximum absolute atomic E-state index is 4.85. The molecule has 1 aromatic rings. The van der Waals surface area contributed by atoms with Crippen LogP contribution in [0.5, 0.6) is 0 Å². The van der Waals surface area contributed by atoms with Crippen LogP contribution in [0, 0.1) is 12.8 Å². The smallest absolute Gasteiger partial charge is 0.129 e. The van der Waals surface area contributed by atoms with E-state index in [0.717, 1.165) is 37.1 Å². The molecule has 0 aromatic carbocycles. The summed E-state index contributed by atoms with van der Waals surface area (Å²) in [6, 6.07) is 5.04. The highest BCUT2D eigenvalue weighted by Gasteiger charge is 2.25. The van der Waals surface area contributed by atoms with Crippen LogP contribution in [-0.4, -0.2) is 24.1 Å². The molecule has 1 aliphatic rings. The van der Waals surface area contributed by atoms with Crippen LogP contribution in [0.15, 0.2) is 12.1 Å². The second kappa shape index (κ2) is 7.07. The monoisotopic (exact) mass is 275 g/mol. The Morgan fingerprint density at radius 1 is 1.35 bits per heavy atom. The predicted octanol–water partition coefficient (Wildman–Crippen LogP) is 3.51. The number of nitrogens with one attached hydrogen (secondary N) is 1. The van der Waals surface area contributed by atoms with Gasteiger partial charge in [-0.15, -0.1) is 0 Å². The summed E-state index contributed by atoms with van der Waals surface area (Å²) in [5.74, 6) is 1.91. The van der Waals surface area contributed by atoms with E-state index in [0.29, 0.717) is 6.04 Å². The van der Waals surface area contributed by atoms with Crippen molar-refractivity contribution in [2.75, 3.05) is 18.0 Å². The Hall–Kier alpha value is -1.09. The highest BCUT2D eigenvalue weighted by Crippen LogP contribution is 2.27. The molecule has 0 spiro atoms. The van der Waals surface area contributed by atoms with Gasteiger partial charge in [0, 0.05) is 24.8 Å². The van der Waals surface area contributed by atoms with E-state index in [1.807, 2.05) is 0 Å². The fourth-order valence-electron chi connectivity index (χ4n) is 2.98. The van der Waals surface area contributed by atoms with Crippen LogP contribution in [0.3, 0.4) is 0 Å². The highest BCUT2D eigenvalue weighted by atomic mass is 15.2. The number of anilines is 1. The zero-order valence-corrected chi connectivity index (χ0v) is 13.4. The third-order valence-corrected chi connectivity index (χ3v) is 4.59. The number of aromatic nitrogens is 1. The fraction of sp³-hybridized carbons (Fsp3) is 0.706. The first kappa shape index (κ1) is 15.3. The van der Waals surface area contributed by atoms with Gasteiger partial charge in [-0.3, -0.25) is 0 Å². The molecule has 2 atom stereocenters. The van der Waals surface area contributed by atoms with Gasteiger partial charge < -0.3 is 10.2 Å². The molecule has 0 saturated carbocycles. The van der Waals surface area contributed by atoms with E-state index in [4.69, 9.17) is 4.98 Å². The Labute approximate surface area is 123 Å². The minimum atomic E-state index is 0.597. The van der Waals surface area contributed by atoms with E-state index < -0.39 is 0 Å². The molecule has 2 unspecified atom stereocenters. The number of aryl methyl sites for hydroxylation is 1. The van der Waals surface area contributed by atoms with E-state index >= 15 is 0 Å². The van der Waals surface area contributed by atoms with Gasteiger partial charge in [0.1, 0.15) is 5.82 Å². The number of hydrogen-bond acceptors (Lipinski definition) is 3. The zero-order chi connectivity index (χ0) is 14.5. The van der Waals surface area contributed by atoms with E-state index in [1.165, 1.54) is 24.8 Å². The second-order valence-corrected chi connectivity index (χ2v) is 6.14. The molecular formula is C17H29N3. The van der Waals surface area contributed by atoms with Crippen molar-refractivity contribution < 1.29 is 0 Å². The number of rotatable bonds is 5. The number of nitrogens with zero attached hydrogens (tertiary/aromatic N) is 2. The molecule has 112 valence electrons. The van der Waals surface area contributed by atoms with E-state index in [9.17, 15) is 0 Å². The van der Waals surface area contributed by atoms with Crippen LogP contribution < -0.4 is 10.2 Å². The van der Waals surface area contributed by atoms with Gasteiger partial charge in [0.2, 0.25) is 0 Å². The van der Waals surface area contributed by atoms with Crippen molar-refractivity contribution in [1.29, 1.82) is 0 Å². The molecule has 1 N–H and O–H groups in total. The number of pyridine rings is 1. The van der Waals surface area contributed by atoms with Gasteiger partial charge >= 0.3 is 0 Å². The van der Waals surface area contributed by atoms with Gasteiger partial charge in [-0.05, 0) is 57.2 Å². The molecule has 1 aliphatic heterocycles. The average Bonchev–Trinajstić information content (AvgIpc) is 2.44. The quantitative estimate of drug-likeness (QED) is 0.833. The largest absolute Gasteiger partial charge is 0.354 e. The summed E-state index contributed by atoms with van der Waals surface area (Å²) in [5, 5.41) is 3.45. The molecule has 1 aromatic heterocycles. The third-order valence-electron chi connectivity index (χ3n) is 4.59. The Bertz CT molecular complexity index is 430. The van der Waals surface area contributed by atoms with Crippen LogP contribution in [0.1, 0.15) is 51.3 Å². The summed E-state index contributed by atoms with van der Waals surface area (Å²) in [4.78, 5) is 7.32. The molecule has 0 amide bonds. The van der Waals surface area contributed by atoms with Crippen molar-refractivity contribution in [2.24, 2.45) is 5.92 Å². The molecule has 1 saturated heterocycles. The first-order chi connectivity index (χ1) is 9.63. The standard InChI is InChI=1S/C17H29N3/c1-5-10-18-12-16-8-9-17(19-14(16)3)20-11-6-7-13(2)15(20)4/h8-9,13,15,18H,5-7,10-12H2,1-4H3. The maximum atomic E-state index is 4.85. The first-order valence-corrected chi connectivity index (χ1v) is 8.07. The van der Waals surface area contributed by atoms with Gasteiger partial charge in [0.15, 0.2) is 0 Å². The minimum Gasteiger partial charge on any atom is -0.354 e. The average molecular weight is 275 g/mol. The maximum Gasteiger partial charge on any atom is 0.129 e. The Morgan fingerprint density at radius 3 is 2.85 bits per heavy atom. The lowest BCUT2D eigenvalue weighted by atomic mass is 9.92. The molecule has 20 heavy (non-hydrogen) atoms. The van der Waals surface area contributed by atoms with Crippen molar-refractivity contribution in [1.82, 2.24) is 10.3 Å². The van der Waals surface area contributed by atoms with Gasteiger partial charge in [-0.25, -0.2) is 4.98 Å². The van der Waals surface area contributed by atoms with Crippen LogP contribution >= 0.6 is 0 Å². The SMILES string of the molecule is CCCNCc1ccc(N2CCCC(C)C2C)nc1C. The highest BCUT2D eigenvalue weighted by molar-refractivity contribution is 5.43. The van der Waals surface area contributed by atoms with Gasteiger partial charge in [0.25, 0.3) is 0 Å². The first-order valence-electron chi connectivity index (χ1n) is 8.07. The topological polar surface area (TPSA) is 28.2 Å². The lowest BCUT2D eigenvalue weighted by Gasteiger charge is -2.39. The van der Waals surface area contributed by atoms with Crippen LogP contribution in [-0.2, 0) is 6.54 Å². The van der Waals surface area contributed by atoms with Gasteiger partial charge in [-0.2, -0.15) is 0 Å². The van der Waals surface area contributed by atoms with Crippen molar-refractivity contribution in [3.05, 3.63) is 23.4 Å². The molecule has 1 fully saturated rings. The van der Waals surface area contributed by atoms with Crippen molar-refractivity contribution in [3.8, 4) is 0 Å². The Morgan fingerprint density at radius 2 is 2.15 bits per heavy atom. The summed E-state index contributed by atoms with van der Waals surface area (Å²) in [7, 11) is 0. The van der Waals surface area contributed by atoms with Crippen molar-refractivity contribution >= 4 is 5.82 Å². The fourth-order valence-corrected chi connectivity index (χ4v) is 2.98. The van der Waals surface area contributed by atoms with E-state index in [2.05, 4.69) is 50.0 Å². The van der Waals surface area contributed by atoms with Crippen molar-refractivity contribution in [2.45, 2.75) is 59.5 Å².